The molecule has 1 atom stereocenters. The molecular weight excluding hydrogens is 348 g/mol. The molecule has 3 rings (SSSR count). The molecule has 8 nitrogen and oxygen atoms in total. The van der Waals surface area contributed by atoms with Crippen molar-refractivity contribution in [3.05, 3.63) is 54.1 Å². The molecule has 0 aliphatic heterocycles. The van der Waals surface area contributed by atoms with Gasteiger partial charge in [0.1, 0.15) is 6.04 Å². The maximum atomic E-state index is 11.1. The lowest BCUT2D eigenvalue weighted by Gasteiger charge is -2.06. The molecule has 1 aromatic heterocycles. The van der Waals surface area contributed by atoms with Crippen molar-refractivity contribution in [2.24, 2.45) is 5.73 Å². The Kier molecular flexibility index (Phi) is 5.28. The number of nitrogens with two attached hydrogens (primary N) is 1. The van der Waals surface area contributed by atoms with Gasteiger partial charge in [0.05, 0.1) is 0 Å². The van der Waals surface area contributed by atoms with Crippen LogP contribution in [0.1, 0.15) is 12.5 Å². The second kappa shape index (κ2) is 7.79. The number of nitrogens with zero attached hydrogens (tertiary/aromatic N) is 2. The van der Waals surface area contributed by atoms with Crippen LogP contribution in [0, 0.1) is 0 Å². The fourth-order valence-electron chi connectivity index (χ4n) is 2.49. The Bertz CT molecular complexity index is 949. The topological polar surface area (TPSA) is 131 Å². The number of amides is 1. The van der Waals surface area contributed by atoms with Crippen molar-refractivity contribution < 1.29 is 19.2 Å². The number of carboxylic acid groups (broad SMARTS) is 1. The number of carboxylic acids is 1. The highest BCUT2D eigenvalue weighted by Gasteiger charge is 2.14. The van der Waals surface area contributed by atoms with Gasteiger partial charge in [-0.25, -0.2) is 0 Å². The van der Waals surface area contributed by atoms with Crippen molar-refractivity contribution in [1.82, 2.24) is 10.1 Å². The molecule has 3 aromatic rings. The van der Waals surface area contributed by atoms with E-state index in [0.717, 1.165) is 16.7 Å². The minimum Gasteiger partial charge on any atom is -0.480 e. The number of carbonyl (C=O) groups is 2. The highest BCUT2D eigenvalue weighted by molar-refractivity contribution is 5.88. The van der Waals surface area contributed by atoms with E-state index in [9.17, 15) is 9.59 Å². The molecule has 0 aliphatic rings. The number of aromatic nitrogens is 2. The highest BCUT2D eigenvalue weighted by Crippen LogP contribution is 2.24. The van der Waals surface area contributed by atoms with Gasteiger partial charge in [-0.15, -0.1) is 0 Å². The summed E-state index contributed by atoms with van der Waals surface area (Å²) in [6.45, 7) is 1.44. The van der Waals surface area contributed by atoms with Crippen LogP contribution >= 0.6 is 0 Å². The zero-order chi connectivity index (χ0) is 19.4. The molecule has 0 spiro atoms. The smallest absolute Gasteiger partial charge is 0.320 e. The summed E-state index contributed by atoms with van der Waals surface area (Å²) in [5.74, 6) is -0.400. The first kappa shape index (κ1) is 18.3. The van der Waals surface area contributed by atoms with Crippen LogP contribution in [0.3, 0.4) is 0 Å². The lowest BCUT2D eigenvalue weighted by molar-refractivity contribution is -0.138. The fraction of sp³-hybridized carbons (Fsp3) is 0.158. The largest absolute Gasteiger partial charge is 0.480 e. The van der Waals surface area contributed by atoms with Crippen LogP contribution in [0.2, 0.25) is 0 Å². The van der Waals surface area contributed by atoms with E-state index in [4.69, 9.17) is 15.4 Å². The van der Waals surface area contributed by atoms with E-state index in [2.05, 4.69) is 15.5 Å². The monoisotopic (exact) mass is 366 g/mol. The van der Waals surface area contributed by atoms with E-state index < -0.39 is 12.0 Å². The van der Waals surface area contributed by atoms with E-state index in [0.29, 0.717) is 17.4 Å². The molecule has 4 N–H and O–H groups in total. The van der Waals surface area contributed by atoms with Crippen molar-refractivity contribution >= 4 is 17.6 Å². The molecule has 0 aliphatic carbocycles. The lowest BCUT2D eigenvalue weighted by atomic mass is 10.0. The number of anilines is 1. The SMILES string of the molecule is CC(=O)Nc1ccc(-c2nc(-c3ccc(C[C@H](N)C(=O)O)cc3)no2)cc1. The molecule has 1 heterocycles. The maximum Gasteiger partial charge on any atom is 0.320 e. The molecule has 0 saturated carbocycles. The summed E-state index contributed by atoms with van der Waals surface area (Å²) in [6, 6.07) is 13.3. The van der Waals surface area contributed by atoms with Crippen LogP contribution in [0.5, 0.6) is 0 Å². The van der Waals surface area contributed by atoms with E-state index >= 15 is 0 Å². The standard InChI is InChI=1S/C19H18N4O4/c1-11(24)21-15-8-6-14(7-9-15)18-22-17(23-27-18)13-4-2-12(3-5-13)10-16(20)19(25)26/h2-9,16H,10,20H2,1H3,(H,21,24)(H,25,26)/t16-/m0/s1. The van der Waals surface area contributed by atoms with Crippen LogP contribution < -0.4 is 11.1 Å². The molecule has 138 valence electrons. The summed E-state index contributed by atoms with van der Waals surface area (Å²) in [4.78, 5) is 26.3. The first-order valence-electron chi connectivity index (χ1n) is 8.22. The van der Waals surface area contributed by atoms with Gasteiger partial charge in [-0.3, -0.25) is 9.59 Å². The molecule has 0 radical (unpaired) electrons. The quantitative estimate of drug-likeness (QED) is 0.610. The highest BCUT2D eigenvalue weighted by atomic mass is 16.5. The Labute approximate surface area is 155 Å². The second-order valence-electron chi connectivity index (χ2n) is 6.03. The molecule has 27 heavy (non-hydrogen) atoms. The Morgan fingerprint density at radius 2 is 1.74 bits per heavy atom. The van der Waals surface area contributed by atoms with Crippen molar-refractivity contribution in [3.63, 3.8) is 0 Å². The predicted octanol–water partition coefficient (Wildman–Crippen LogP) is 2.32. The lowest BCUT2D eigenvalue weighted by Crippen LogP contribution is -2.32. The third-order valence-corrected chi connectivity index (χ3v) is 3.86. The Balaban J connectivity index is 1.73. The summed E-state index contributed by atoms with van der Waals surface area (Å²) >= 11 is 0. The Morgan fingerprint density at radius 1 is 1.11 bits per heavy atom. The van der Waals surface area contributed by atoms with Gasteiger partial charge in [0, 0.05) is 23.7 Å². The molecule has 8 heteroatoms. The number of aliphatic carboxylic acids is 1. The van der Waals surface area contributed by atoms with Crippen molar-refractivity contribution in [1.29, 1.82) is 0 Å². The van der Waals surface area contributed by atoms with E-state index in [1.165, 1.54) is 6.92 Å². The van der Waals surface area contributed by atoms with Crippen molar-refractivity contribution in [3.8, 4) is 22.8 Å². The molecule has 2 aromatic carbocycles. The van der Waals surface area contributed by atoms with Gasteiger partial charge in [0.2, 0.25) is 11.7 Å². The van der Waals surface area contributed by atoms with Crippen molar-refractivity contribution in [2.45, 2.75) is 19.4 Å². The Hall–Kier alpha value is -3.52. The minimum atomic E-state index is -1.04. The molecule has 0 fully saturated rings. The minimum absolute atomic E-state index is 0.143. The first-order valence-corrected chi connectivity index (χ1v) is 8.22. The summed E-state index contributed by atoms with van der Waals surface area (Å²) in [5, 5.41) is 15.5. The number of nitrogens with one attached hydrogen (secondary N) is 1. The number of benzene rings is 2. The molecule has 1 amide bonds. The fourth-order valence-corrected chi connectivity index (χ4v) is 2.49. The van der Waals surface area contributed by atoms with Gasteiger partial charge in [-0.1, -0.05) is 29.4 Å². The normalized spacial score (nSPS) is 11.8. The van der Waals surface area contributed by atoms with Crippen LogP contribution in [-0.2, 0) is 16.0 Å². The van der Waals surface area contributed by atoms with Gasteiger partial charge in [-0.2, -0.15) is 4.98 Å². The van der Waals surface area contributed by atoms with Crippen LogP contribution in [0.25, 0.3) is 22.8 Å². The van der Waals surface area contributed by atoms with E-state index in [1.807, 2.05) is 0 Å². The number of hydrogen-bond donors (Lipinski definition) is 3. The molecule has 0 saturated heterocycles. The zero-order valence-electron chi connectivity index (χ0n) is 14.5. The Morgan fingerprint density at radius 3 is 2.33 bits per heavy atom. The van der Waals surface area contributed by atoms with Gasteiger partial charge in [0.15, 0.2) is 0 Å². The molecular formula is C19H18N4O4. The van der Waals surface area contributed by atoms with Gasteiger partial charge in [0.25, 0.3) is 5.89 Å². The van der Waals surface area contributed by atoms with Crippen LogP contribution in [0.4, 0.5) is 5.69 Å². The average molecular weight is 366 g/mol. The summed E-state index contributed by atoms with van der Waals surface area (Å²) in [6.07, 6.45) is 0.244. The van der Waals surface area contributed by atoms with Gasteiger partial charge in [-0.05, 0) is 36.2 Å². The van der Waals surface area contributed by atoms with Crippen LogP contribution in [0.15, 0.2) is 53.1 Å². The number of hydrogen-bond acceptors (Lipinski definition) is 6. The zero-order valence-corrected chi connectivity index (χ0v) is 14.5. The third-order valence-electron chi connectivity index (χ3n) is 3.86. The first-order chi connectivity index (χ1) is 12.9. The number of carbonyl (C=O) groups excluding carboxylic acids is 1. The molecule has 0 bridgehead atoms. The summed E-state index contributed by atoms with van der Waals surface area (Å²) in [7, 11) is 0. The average Bonchev–Trinajstić information content (AvgIpc) is 3.12. The summed E-state index contributed by atoms with van der Waals surface area (Å²) in [5.41, 5.74) is 8.50. The van der Waals surface area contributed by atoms with Crippen molar-refractivity contribution in [2.75, 3.05) is 5.32 Å². The second-order valence-corrected chi connectivity index (χ2v) is 6.03. The maximum absolute atomic E-state index is 11.1. The predicted molar refractivity (Wildman–Crippen MR) is 98.8 cm³/mol. The van der Waals surface area contributed by atoms with Gasteiger partial charge >= 0.3 is 5.97 Å². The van der Waals surface area contributed by atoms with E-state index in [-0.39, 0.29) is 12.3 Å². The van der Waals surface area contributed by atoms with Crippen LogP contribution in [-0.4, -0.2) is 33.2 Å². The number of rotatable bonds is 6. The van der Waals surface area contributed by atoms with Gasteiger partial charge < -0.3 is 20.7 Å². The third kappa shape index (κ3) is 4.56. The summed E-state index contributed by atoms with van der Waals surface area (Å²) < 4.78 is 5.31. The molecule has 0 unspecified atom stereocenters. The van der Waals surface area contributed by atoms with E-state index in [1.54, 1.807) is 48.5 Å².